The topological polar surface area (TPSA) is 25.8 Å². The monoisotopic (exact) mass is 266 g/mol. The van der Waals surface area contributed by atoms with E-state index in [0.717, 1.165) is 30.2 Å². The Morgan fingerprint density at radius 2 is 2.11 bits per heavy atom. The van der Waals surface area contributed by atoms with Crippen molar-refractivity contribution in [1.29, 1.82) is 0 Å². The Balaban J connectivity index is 2.08. The third kappa shape index (κ3) is 1.86. The fourth-order valence-electron chi connectivity index (χ4n) is 2.42. The second-order valence-corrected chi connectivity index (χ2v) is 4.64. The zero-order valence-electron chi connectivity index (χ0n) is 9.33. The summed E-state index contributed by atoms with van der Waals surface area (Å²) in [5, 5.41) is 0.156. The van der Waals surface area contributed by atoms with Crippen molar-refractivity contribution in [3.8, 4) is 0 Å². The van der Waals surface area contributed by atoms with Gasteiger partial charge in [0.2, 0.25) is 5.28 Å². The van der Waals surface area contributed by atoms with Crippen molar-refractivity contribution in [3.05, 3.63) is 58.1 Å². The number of hydrogen-bond donors (Lipinski definition) is 0. The highest BCUT2D eigenvalue weighted by molar-refractivity contribution is 6.28. The summed E-state index contributed by atoms with van der Waals surface area (Å²) in [7, 11) is 0. The lowest BCUT2D eigenvalue weighted by Crippen LogP contribution is -2.03. The molecular formula is C13H9ClF2N2. The summed E-state index contributed by atoms with van der Waals surface area (Å²) in [6, 6.07) is 3.63. The van der Waals surface area contributed by atoms with Crippen LogP contribution in [0.5, 0.6) is 0 Å². The van der Waals surface area contributed by atoms with Crippen molar-refractivity contribution in [2.24, 2.45) is 0 Å². The van der Waals surface area contributed by atoms with E-state index >= 15 is 0 Å². The lowest BCUT2D eigenvalue weighted by atomic mass is 9.96. The van der Waals surface area contributed by atoms with Crippen molar-refractivity contribution in [2.75, 3.05) is 0 Å². The van der Waals surface area contributed by atoms with Gasteiger partial charge in [-0.05, 0) is 41.6 Å². The third-order valence-corrected chi connectivity index (χ3v) is 3.42. The van der Waals surface area contributed by atoms with Crippen LogP contribution in [0.15, 0.2) is 24.4 Å². The van der Waals surface area contributed by atoms with Gasteiger partial charge in [0.25, 0.3) is 0 Å². The Hall–Kier alpha value is -1.55. The highest BCUT2D eigenvalue weighted by atomic mass is 35.5. The predicted molar refractivity (Wildman–Crippen MR) is 63.6 cm³/mol. The molecule has 1 aromatic heterocycles. The number of halogens is 3. The summed E-state index contributed by atoms with van der Waals surface area (Å²) in [5.74, 6) is -1.28. The molecule has 18 heavy (non-hydrogen) atoms. The van der Waals surface area contributed by atoms with Gasteiger partial charge in [0.05, 0.1) is 5.69 Å². The molecule has 1 aliphatic rings. The van der Waals surface area contributed by atoms with Crippen molar-refractivity contribution in [3.63, 3.8) is 0 Å². The largest absolute Gasteiger partial charge is 0.226 e. The van der Waals surface area contributed by atoms with Gasteiger partial charge in [-0.3, -0.25) is 0 Å². The summed E-state index contributed by atoms with van der Waals surface area (Å²) < 4.78 is 26.7. The quantitative estimate of drug-likeness (QED) is 0.739. The molecule has 5 heteroatoms. The van der Waals surface area contributed by atoms with Gasteiger partial charge >= 0.3 is 0 Å². The first-order valence-corrected chi connectivity index (χ1v) is 5.99. The van der Waals surface area contributed by atoms with Crippen molar-refractivity contribution < 1.29 is 8.78 Å². The van der Waals surface area contributed by atoms with Crippen LogP contribution in [0.25, 0.3) is 0 Å². The maximum atomic E-state index is 13.8. The number of fused-ring (bicyclic) bond motifs is 1. The Morgan fingerprint density at radius 3 is 2.89 bits per heavy atom. The van der Waals surface area contributed by atoms with Crippen LogP contribution >= 0.6 is 11.6 Å². The minimum Gasteiger partial charge on any atom is -0.226 e. The minimum absolute atomic E-state index is 0.156. The molecule has 0 N–H and O–H groups in total. The molecule has 1 aromatic carbocycles. The summed E-state index contributed by atoms with van der Waals surface area (Å²) >= 11 is 5.77. The first kappa shape index (κ1) is 11.5. The number of hydrogen-bond acceptors (Lipinski definition) is 2. The van der Waals surface area contributed by atoms with Crippen LogP contribution in [0.3, 0.4) is 0 Å². The molecule has 0 saturated heterocycles. The number of aromatic nitrogens is 2. The molecule has 92 valence electrons. The third-order valence-electron chi connectivity index (χ3n) is 3.24. The van der Waals surface area contributed by atoms with Gasteiger partial charge in [-0.25, -0.2) is 18.7 Å². The van der Waals surface area contributed by atoms with Gasteiger partial charge in [0, 0.05) is 18.2 Å². The van der Waals surface area contributed by atoms with Gasteiger partial charge < -0.3 is 0 Å². The molecule has 0 saturated carbocycles. The van der Waals surface area contributed by atoms with Crippen molar-refractivity contribution in [1.82, 2.24) is 9.97 Å². The Kier molecular flexibility index (Phi) is 2.74. The molecule has 0 bridgehead atoms. The fourth-order valence-corrected chi connectivity index (χ4v) is 2.56. The van der Waals surface area contributed by atoms with E-state index in [1.54, 1.807) is 6.20 Å². The SMILES string of the molecule is Fc1ccc(C2CCc3cnc(Cl)nc32)c(F)c1. The van der Waals surface area contributed by atoms with Gasteiger partial charge in [-0.2, -0.15) is 0 Å². The summed E-state index contributed by atoms with van der Waals surface area (Å²) in [4.78, 5) is 8.08. The van der Waals surface area contributed by atoms with E-state index in [-0.39, 0.29) is 11.2 Å². The van der Waals surface area contributed by atoms with Crippen molar-refractivity contribution in [2.45, 2.75) is 18.8 Å². The van der Waals surface area contributed by atoms with Crippen molar-refractivity contribution >= 4 is 11.6 Å². The summed E-state index contributed by atoms with van der Waals surface area (Å²) in [6.45, 7) is 0. The molecule has 1 atom stereocenters. The summed E-state index contributed by atoms with van der Waals surface area (Å²) in [6.07, 6.45) is 3.20. The van der Waals surface area contributed by atoms with Crippen LogP contribution in [-0.2, 0) is 6.42 Å². The van der Waals surface area contributed by atoms with Crippen LogP contribution in [0, 0.1) is 11.6 Å². The van der Waals surface area contributed by atoms with Gasteiger partial charge in [0.1, 0.15) is 11.6 Å². The number of benzene rings is 1. The van der Waals surface area contributed by atoms with E-state index in [1.165, 1.54) is 12.1 Å². The lowest BCUT2D eigenvalue weighted by molar-refractivity contribution is 0.562. The maximum Gasteiger partial charge on any atom is 0.222 e. The normalized spacial score (nSPS) is 17.8. The average Bonchev–Trinajstić information content (AvgIpc) is 2.72. The van der Waals surface area contributed by atoms with E-state index in [4.69, 9.17) is 11.6 Å². The molecule has 2 nitrogen and oxygen atoms in total. The number of rotatable bonds is 1. The van der Waals surface area contributed by atoms with Crippen LogP contribution in [0.1, 0.15) is 29.2 Å². The molecule has 2 aromatic rings. The zero-order chi connectivity index (χ0) is 12.7. The zero-order valence-corrected chi connectivity index (χ0v) is 10.1. The number of aryl methyl sites for hydroxylation is 1. The Morgan fingerprint density at radius 1 is 1.28 bits per heavy atom. The first-order valence-electron chi connectivity index (χ1n) is 5.61. The van der Waals surface area contributed by atoms with Crippen LogP contribution in [-0.4, -0.2) is 9.97 Å². The van der Waals surface area contributed by atoms with E-state index in [9.17, 15) is 8.78 Å². The Labute approximate surface area is 108 Å². The molecule has 0 radical (unpaired) electrons. The van der Waals surface area contributed by atoms with Crippen LogP contribution < -0.4 is 0 Å². The first-order chi connectivity index (χ1) is 8.65. The van der Waals surface area contributed by atoms with Gasteiger partial charge in [-0.15, -0.1) is 0 Å². The van der Waals surface area contributed by atoms with E-state index < -0.39 is 11.6 Å². The highest BCUT2D eigenvalue weighted by Gasteiger charge is 2.28. The second-order valence-electron chi connectivity index (χ2n) is 4.31. The second kappa shape index (κ2) is 4.28. The number of nitrogens with zero attached hydrogens (tertiary/aromatic N) is 2. The highest BCUT2D eigenvalue weighted by Crippen LogP contribution is 2.37. The molecule has 0 amide bonds. The molecule has 1 unspecified atom stereocenters. The summed E-state index contributed by atoms with van der Waals surface area (Å²) in [5.41, 5.74) is 2.19. The minimum atomic E-state index is -0.574. The average molecular weight is 267 g/mol. The molecule has 0 spiro atoms. The molecule has 0 aliphatic heterocycles. The molecule has 3 rings (SSSR count). The van der Waals surface area contributed by atoms with Crippen LogP contribution in [0.4, 0.5) is 8.78 Å². The standard InChI is InChI=1S/C13H9ClF2N2/c14-13-17-6-7-1-3-10(12(7)18-13)9-4-2-8(15)5-11(9)16/h2,4-6,10H,1,3H2. The van der Waals surface area contributed by atoms with E-state index in [0.29, 0.717) is 5.56 Å². The van der Waals surface area contributed by atoms with E-state index in [1.807, 2.05) is 0 Å². The van der Waals surface area contributed by atoms with Crippen LogP contribution in [0.2, 0.25) is 5.28 Å². The molecule has 1 aliphatic carbocycles. The molecule has 1 heterocycles. The molecular weight excluding hydrogens is 258 g/mol. The predicted octanol–water partition coefficient (Wildman–Crippen LogP) is 3.49. The Bertz CT molecular complexity index is 616. The fraction of sp³-hybridized carbons (Fsp3) is 0.231. The van der Waals surface area contributed by atoms with Gasteiger partial charge in [-0.1, -0.05) is 6.07 Å². The maximum absolute atomic E-state index is 13.8. The molecule has 0 fully saturated rings. The smallest absolute Gasteiger partial charge is 0.222 e. The van der Waals surface area contributed by atoms with Gasteiger partial charge in [0.15, 0.2) is 0 Å². The van der Waals surface area contributed by atoms with E-state index in [2.05, 4.69) is 9.97 Å². The lowest BCUT2D eigenvalue weighted by Gasteiger charge is -2.12.